The molecular weight excluding hydrogens is 273 g/mol. The zero-order valence-electron chi connectivity index (χ0n) is 9.10. The highest BCUT2D eigenvalue weighted by molar-refractivity contribution is 6.41. The fourth-order valence-electron chi connectivity index (χ4n) is 1.42. The Morgan fingerprint density at radius 1 is 1.28 bits per heavy atom. The minimum absolute atomic E-state index is 0.0414. The molecule has 0 aliphatic rings. The molecule has 2 rings (SSSR count). The van der Waals surface area contributed by atoms with Crippen molar-refractivity contribution in [1.82, 2.24) is 9.78 Å². The lowest BCUT2D eigenvalue weighted by Gasteiger charge is -2.05. The molecule has 1 aromatic heterocycles. The number of benzene rings is 1. The number of halogens is 2. The minimum Gasteiger partial charge on any atom is -0.266 e. The normalized spacial score (nSPS) is 10.1. The molecule has 4 nitrogen and oxygen atoms in total. The van der Waals surface area contributed by atoms with Crippen molar-refractivity contribution in [2.24, 2.45) is 0 Å². The molecule has 18 heavy (non-hydrogen) atoms. The highest BCUT2D eigenvalue weighted by Crippen LogP contribution is 2.15. The summed E-state index contributed by atoms with van der Waals surface area (Å²) < 4.78 is 1.22. The zero-order valence-corrected chi connectivity index (χ0v) is 10.6. The van der Waals surface area contributed by atoms with Crippen LogP contribution in [0.3, 0.4) is 0 Å². The molecule has 1 heterocycles. The Hall–Kier alpha value is -1.83. The van der Waals surface area contributed by atoms with Gasteiger partial charge in [-0.25, -0.2) is 4.68 Å². The number of aromatic nitrogens is 2. The molecule has 0 N–H and O–H groups in total. The van der Waals surface area contributed by atoms with Crippen LogP contribution in [0.2, 0.25) is 10.0 Å². The van der Waals surface area contributed by atoms with E-state index in [2.05, 4.69) is 5.10 Å². The van der Waals surface area contributed by atoms with Crippen LogP contribution in [0, 0.1) is 11.3 Å². The van der Waals surface area contributed by atoms with Gasteiger partial charge in [0.05, 0.1) is 29.4 Å². The Morgan fingerprint density at radius 3 is 2.56 bits per heavy atom. The van der Waals surface area contributed by atoms with E-state index >= 15 is 0 Å². The molecule has 0 saturated heterocycles. The van der Waals surface area contributed by atoms with Crippen molar-refractivity contribution in [2.45, 2.75) is 6.54 Å². The van der Waals surface area contributed by atoms with Crippen molar-refractivity contribution >= 4 is 23.2 Å². The lowest BCUT2D eigenvalue weighted by atomic mass is 10.1. The quantitative estimate of drug-likeness (QED) is 0.849. The molecule has 0 radical (unpaired) electrons. The maximum Gasteiger partial charge on any atom is 0.287 e. The van der Waals surface area contributed by atoms with Crippen LogP contribution in [0.5, 0.6) is 0 Å². The Balaban J connectivity index is 2.32. The Morgan fingerprint density at radius 2 is 1.94 bits per heavy atom. The fourth-order valence-corrected chi connectivity index (χ4v) is 1.69. The van der Waals surface area contributed by atoms with Gasteiger partial charge in [-0.15, -0.1) is 0 Å². The predicted molar refractivity (Wildman–Crippen MR) is 68.8 cm³/mol. The van der Waals surface area contributed by atoms with Gasteiger partial charge in [-0.2, -0.15) is 10.4 Å². The summed E-state index contributed by atoms with van der Waals surface area (Å²) in [6.45, 7) is 0.279. The zero-order chi connectivity index (χ0) is 13.1. The van der Waals surface area contributed by atoms with Crippen LogP contribution < -0.4 is 5.56 Å². The average Bonchev–Trinajstić information content (AvgIpc) is 2.40. The first-order valence-corrected chi connectivity index (χ1v) is 5.77. The molecule has 0 fully saturated rings. The monoisotopic (exact) mass is 279 g/mol. The van der Waals surface area contributed by atoms with Gasteiger partial charge in [-0.1, -0.05) is 35.3 Å². The molecule has 0 atom stereocenters. The number of rotatable bonds is 2. The molecule has 2 aromatic rings. The van der Waals surface area contributed by atoms with E-state index < -0.39 is 5.56 Å². The summed E-state index contributed by atoms with van der Waals surface area (Å²) in [5.41, 5.74) is 0.976. The van der Waals surface area contributed by atoms with Gasteiger partial charge in [0, 0.05) is 0 Å². The number of hydrogen-bond acceptors (Lipinski definition) is 3. The molecule has 0 spiro atoms. The third-order valence-electron chi connectivity index (χ3n) is 2.36. The van der Waals surface area contributed by atoms with E-state index in [4.69, 9.17) is 28.5 Å². The molecule has 0 unspecified atom stereocenters. The van der Waals surface area contributed by atoms with Crippen molar-refractivity contribution in [2.75, 3.05) is 0 Å². The van der Waals surface area contributed by atoms with Gasteiger partial charge in [-0.05, 0) is 17.7 Å². The topological polar surface area (TPSA) is 58.7 Å². The standard InChI is InChI=1S/C12H7Cl2N3O/c13-10-6-16-17(12(18)11(10)14)7-9-3-1-8(5-15)2-4-9/h1-4,6H,7H2. The summed E-state index contributed by atoms with van der Waals surface area (Å²) in [6, 6.07) is 8.90. The average molecular weight is 280 g/mol. The van der Waals surface area contributed by atoms with Crippen molar-refractivity contribution in [1.29, 1.82) is 5.26 Å². The molecule has 90 valence electrons. The summed E-state index contributed by atoms with van der Waals surface area (Å²) in [5.74, 6) is 0. The highest BCUT2D eigenvalue weighted by atomic mass is 35.5. The maximum absolute atomic E-state index is 11.7. The highest BCUT2D eigenvalue weighted by Gasteiger charge is 2.07. The largest absolute Gasteiger partial charge is 0.287 e. The SMILES string of the molecule is N#Cc1ccc(Cn2ncc(Cl)c(Cl)c2=O)cc1. The lowest BCUT2D eigenvalue weighted by Crippen LogP contribution is -2.23. The Kier molecular flexibility index (Phi) is 3.66. The van der Waals surface area contributed by atoms with Crippen LogP contribution in [-0.2, 0) is 6.54 Å². The van der Waals surface area contributed by atoms with Crippen molar-refractivity contribution < 1.29 is 0 Å². The van der Waals surface area contributed by atoms with E-state index in [1.54, 1.807) is 24.3 Å². The van der Waals surface area contributed by atoms with Gasteiger partial charge in [0.2, 0.25) is 0 Å². The molecule has 0 amide bonds. The smallest absolute Gasteiger partial charge is 0.266 e. The molecule has 0 bridgehead atoms. The summed E-state index contributed by atoms with van der Waals surface area (Å²) in [7, 11) is 0. The van der Waals surface area contributed by atoms with Crippen molar-refractivity contribution in [3.63, 3.8) is 0 Å². The first kappa shape index (κ1) is 12.6. The van der Waals surface area contributed by atoms with E-state index in [1.165, 1.54) is 10.9 Å². The summed E-state index contributed by atoms with van der Waals surface area (Å²) >= 11 is 11.4. The minimum atomic E-state index is -0.437. The summed E-state index contributed by atoms with van der Waals surface area (Å²) in [4.78, 5) is 11.7. The molecule has 1 aromatic carbocycles. The van der Waals surface area contributed by atoms with Gasteiger partial charge in [0.25, 0.3) is 5.56 Å². The Labute approximate surface area is 113 Å². The van der Waals surface area contributed by atoms with Crippen molar-refractivity contribution in [3.05, 3.63) is 62.0 Å². The van der Waals surface area contributed by atoms with Crippen LogP contribution in [0.25, 0.3) is 0 Å². The molecule has 0 aliphatic heterocycles. The van der Waals surface area contributed by atoms with E-state index in [1.807, 2.05) is 6.07 Å². The van der Waals surface area contributed by atoms with Crippen molar-refractivity contribution in [3.8, 4) is 6.07 Å². The number of hydrogen-bond donors (Lipinski definition) is 0. The predicted octanol–water partition coefficient (Wildman–Crippen LogP) is 2.47. The van der Waals surface area contributed by atoms with Crippen LogP contribution in [0.15, 0.2) is 35.3 Å². The second-order valence-corrected chi connectivity index (χ2v) is 4.36. The molecule has 0 saturated carbocycles. The molecule has 6 heteroatoms. The van der Waals surface area contributed by atoms with E-state index in [0.29, 0.717) is 5.56 Å². The fraction of sp³-hybridized carbons (Fsp3) is 0.0833. The van der Waals surface area contributed by atoms with E-state index in [0.717, 1.165) is 5.56 Å². The lowest BCUT2D eigenvalue weighted by molar-refractivity contribution is 0.639. The molecule has 0 aliphatic carbocycles. The maximum atomic E-state index is 11.7. The van der Waals surface area contributed by atoms with E-state index in [9.17, 15) is 4.79 Å². The van der Waals surface area contributed by atoms with Crippen LogP contribution in [0.4, 0.5) is 0 Å². The van der Waals surface area contributed by atoms with Gasteiger partial charge >= 0.3 is 0 Å². The van der Waals surface area contributed by atoms with Gasteiger partial charge in [0.1, 0.15) is 5.02 Å². The number of nitriles is 1. The first-order chi connectivity index (χ1) is 8.61. The summed E-state index contributed by atoms with van der Waals surface area (Å²) in [6.07, 6.45) is 1.33. The first-order valence-electron chi connectivity index (χ1n) is 5.02. The number of nitrogens with zero attached hydrogens (tertiary/aromatic N) is 3. The van der Waals surface area contributed by atoms with Gasteiger partial charge in [-0.3, -0.25) is 4.79 Å². The second kappa shape index (κ2) is 5.21. The van der Waals surface area contributed by atoms with Crippen LogP contribution in [0.1, 0.15) is 11.1 Å². The van der Waals surface area contributed by atoms with E-state index in [-0.39, 0.29) is 16.6 Å². The van der Waals surface area contributed by atoms with Gasteiger partial charge in [0.15, 0.2) is 0 Å². The second-order valence-electron chi connectivity index (χ2n) is 3.58. The summed E-state index contributed by atoms with van der Waals surface area (Å²) in [5, 5.41) is 12.7. The van der Waals surface area contributed by atoms with Gasteiger partial charge < -0.3 is 0 Å². The Bertz CT molecular complexity index is 671. The van der Waals surface area contributed by atoms with Crippen LogP contribution in [-0.4, -0.2) is 9.78 Å². The van der Waals surface area contributed by atoms with Crippen LogP contribution >= 0.6 is 23.2 Å². The molecular formula is C12H7Cl2N3O. The third-order valence-corrected chi connectivity index (χ3v) is 3.11. The third kappa shape index (κ3) is 2.53.